The summed E-state index contributed by atoms with van der Waals surface area (Å²) in [5.41, 5.74) is 0.364. The minimum atomic E-state index is -0.841. The van der Waals surface area contributed by atoms with Crippen LogP contribution >= 0.6 is 0 Å². The van der Waals surface area contributed by atoms with E-state index >= 15 is 0 Å². The standard InChI is InChI=1S/C14H10F3NO/c1-8-4-10(16)6-11(5-8)18-14(19)12-7-9(15)2-3-13(12)17/h2-7H,1H3,(H,18,19). The van der Waals surface area contributed by atoms with Gasteiger partial charge in [-0.05, 0) is 48.9 Å². The Morgan fingerprint density at radius 1 is 1.00 bits per heavy atom. The summed E-state index contributed by atoms with van der Waals surface area (Å²) in [6, 6.07) is 6.48. The van der Waals surface area contributed by atoms with Gasteiger partial charge in [-0.3, -0.25) is 4.79 Å². The molecule has 0 saturated heterocycles. The predicted octanol–water partition coefficient (Wildman–Crippen LogP) is 3.66. The summed E-state index contributed by atoms with van der Waals surface area (Å²) in [7, 11) is 0. The second kappa shape index (κ2) is 5.14. The molecule has 0 aromatic heterocycles. The maximum absolute atomic E-state index is 13.4. The van der Waals surface area contributed by atoms with E-state index in [-0.39, 0.29) is 5.69 Å². The Balaban J connectivity index is 2.28. The van der Waals surface area contributed by atoms with Gasteiger partial charge in [0.05, 0.1) is 5.56 Å². The topological polar surface area (TPSA) is 29.1 Å². The van der Waals surface area contributed by atoms with E-state index in [2.05, 4.69) is 5.32 Å². The van der Waals surface area contributed by atoms with Crippen molar-refractivity contribution in [2.24, 2.45) is 0 Å². The highest BCUT2D eigenvalue weighted by Gasteiger charge is 2.13. The highest BCUT2D eigenvalue weighted by Crippen LogP contribution is 2.16. The molecule has 1 amide bonds. The number of nitrogens with one attached hydrogen (secondary N) is 1. The Kier molecular flexibility index (Phi) is 3.55. The number of carbonyl (C=O) groups is 1. The van der Waals surface area contributed by atoms with Gasteiger partial charge in [0.15, 0.2) is 0 Å². The van der Waals surface area contributed by atoms with Crippen molar-refractivity contribution in [2.45, 2.75) is 6.92 Å². The predicted molar refractivity (Wildman–Crippen MR) is 65.4 cm³/mol. The summed E-state index contributed by atoms with van der Waals surface area (Å²) >= 11 is 0. The second-order valence-corrected chi connectivity index (χ2v) is 4.10. The van der Waals surface area contributed by atoms with Gasteiger partial charge in [-0.1, -0.05) is 0 Å². The third-order valence-corrected chi connectivity index (χ3v) is 2.47. The fraction of sp³-hybridized carbons (Fsp3) is 0.0714. The Morgan fingerprint density at radius 2 is 1.74 bits per heavy atom. The van der Waals surface area contributed by atoms with Crippen molar-refractivity contribution in [3.8, 4) is 0 Å². The summed E-state index contributed by atoms with van der Waals surface area (Å²) in [6.45, 7) is 1.65. The lowest BCUT2D eigenvalue weighted by atomic mass is 10.1. The summed E-state index contributed by atoms with van der Waals surface area (Å²) < 4.78 is 39.5. The fourth-order valence-corrected chi connectivity index (χ4v) is 1.68. The molecular formula is C14H10F3NO. The molecule has 0 saturated carbocycles. The van der Waals surface area contributed by atoms with E-state index in [0.29, 0.717) is 5.56 Å². The van der Waals surface area contributed by atoms with Gasteiger partial charge in [-0.25, -0.2) is 13.2 Å². The lowest BCUT2D eigenvalue weighted by molar-refractivity contribution is 0.102. The fourth-order valence-electron chi connectivity index (χ4n) is 1.68. The SMILES string of the molecule is Cc1cc(F)cc(NC(=O)c2cc(F)ccc2F)c1. The Morgan fingerprint density at radius 3 is 2.42 bits per heavy atom. The van der Waals surface area contributed by atoms with Gasteiger partial charge in [0, 0.05) is 5.69 Å². The molecule has 2 rings (SSSR count). The van der Waals surface area contributed by atoms with Crippen molar-refractivity contribution in [2.75, 3.05) is 5.32 Å². The van der Waals surface area contributed by atoms with Crippen molar-refractivity contribution in [3.05, 3.63) is 65.0 Å². The molecule has 0 bridgehead atoms. The first kappa shape index (κ1) is 13.1. The normalized spacial score (nSPS) is 10.3. The van der Waals surface area contributed by atoms with Crippen LogP contribution in [0.15, 0.2) is 36.4 Å². The van der Waals surface area contributed by atoms with Gasteiger partial charge in [0.2, 0.25) is 0 Å². The van der Waals surface area contributed by atoms with Crippen molar-refractivity contribution < 1.29 is 18.0 Å². The number of hydrogen-bond donors (Lipinski definition) is 1. The van der Waals surface area contributed by atoms with E-state index in [9.17, 15) is 18.0 Å². The Bertz CT molecular complexity index is 620. The van der Waals surface area contributed by atoms with Gasteiger partial charge in [-0.15, -0.1) is 0 Å². The van der Waals surface area contributed by atoms with Crippen molar-refractivity contribution in [3.63, 3.8) is 0 Å². The number of amides is 1. The molecule has 0 spiro atoms. The average molecular weight is 265 g/mol. The molecule has 0 aliphatic rings. The van der Waals surface area contributed by atoms with Crippen LogP contribution in [0.5, 0.6) is 0 Å². The highest BCUT2D eigenvalue weighted by atomic mass is 19.1. The van der Waals surface area contributed by atoms with Gasteiger partial charge in [-0.2, -0.15) is 0 Å². The van der Waals surface area contributed by atoms with E-state index < -0.39 is 28.9 Å². The quantitative estimate of drug-likeness (QED) is 0.882. The largest absolute Gasteiger partial charge is 0.322 e. The van der Waals surface area contributed by atoms with Crippen LogP contribution < -0.4 is 5.32 Å². The number of benzene rings is 2. The van der Waals surface area contributed by atoms with Crippen LogP contribution in [0.1, 0.15) is 15.9 Å². The van der Waals surface area contributed by atoms with Gasteiger partial charge in [0.25, 0.3) is 5.91 Å². The molecule has 0 aliphatic carbocycles. The zero-order chi connectivity index (χ0) is 14.0. The first-order valence-corrected chi connectivity index (χ1v) is 5.49. The minimum absolute atomic E-state index is 0.186. The monoisotopic (exact) mass is 265 g/mol. The van der Waals surface area contributed by atoms with Crippen LogP contribution in [0, 0.1) is 24.4 Å². The molecule has 1 N–H and O–H groups in total. The summed E-state index contributed by atoms with van der Waals surface area (Å²) in [5, 5.41) is 2.32. The molecule has 2 aromatic rings. The number of carbonyl (C=O) groups excluding carboxylic acids is 1. The van der Waals surface area contributed by atoms with Crippen LogP contribution in [0.2, 0.25) is 0 Å². The zero-order valence-corrected chi connectivity index (χ0v) is 10.0. The van der Waals surface area contributed by atoms with Crippen LogP contribution in [-0.4, -0.2) is 5.91 Å². The molecule has 0 aliphatic heterocycles. The highest BCUT2D eigenvalue weighted by molar-refractivity contribution is 6.04. The molecule has 2 nitrogen and oxygen atoms in total. The summed E-state index contributed by atoms with van der Waals surface area (Å²) in [4.78, 5) is 11.8. The van der Waals surface area contributed by atoms with Crippen molar-refractivity contribution in [1.82, 2.24) is 0 Å². The lowest BCUT2D eigenvalue weighted by Crippen LogP contribution is -2.14. The van der Waals surface area contributed by atoms with E-state index in [1.165, 1.54) is 12.1 Å². The third kappa shape index (κ3) is 3.13. The maximum atomic E-state index is 13.4. The number of aryl methyl sites for hydroxylation is 1. The first-order valence-electron chi connectivity index (χ1n) is 5.49. The number of rotatable bonds is 2. The molecule has 0 heterocycles. The number of hydrogen-bond acceptors (Lipinski definition) is 1. The molecular weight excluding hydrogens is 255 g/mol. The van der Waals surface area contributed by atoms with Crippen LogP contribution in [0.4, 0.5) is 18.9 Å². The van der Waals surface area contributed by atoms with Crippen molar-refractivity contribution in [1.29, 1.82) is 0 Å². The smallest absolute Gasteiger partial charge is 0.258 e. The number of halogens is 3. The third-order valence-electron chi connectivity index (χ3n) is 2.47. The van der Waals surface area contributed by atoms with Crippen LogP contribution in [0.25, 0.3) is 0 Å². The van der Waals surface area contributed by atoms with E-state index in [1.54, 1.807) is 6.92 Å². The molecule has 19 heavy (non-hydrogen) atoms. The Labute approximate surface area is 107 Å². The zero-order valence-electron chi connectivity index (χ0n) is 10.0. The average Bonchev–Trinajstić information content (AvgIpc) is 2.30. The molecule has 2 aromatic carbocycles. The van der Waals surface area contributed by atoms with E-state index in [1.807, 2.05) is 0 Å². The van der Waals surface area contributed by atoms with Gasteiger partial charge in [0.1, 0.15) is 17.5 Å². The van der Waals surface area contributed by atoms with Gasteiger partial charge < -0.3 is 5.32 Å². The van der Waals surface area contributed by atoms with Gasteiger partial charge >= 0.3 is 0 Å². The Hall–Kier alpha value is -2.30. The molecule has 0 unspecified atom stereocenters. The maximum Gasteiger partial charge on any atom is 0.258 e. The summed E-state index contributed by atoms with van der Waals surface area (Å²) in [6.07, 6.45) is 0. The molecule has 0 atom stereocenters. The lowest BCUT2D eigenvalue weighted by Gasteiger charge is -2.07. The number of anilines is 1. The second-order valence-electron chi connectivity index (χ2n) is 4.10. The van der Waals surface area contributed by atoms with Crippen molar-refractivity contribution >= 4 is 11.6 Å². The summed E-state index contributed by atoms with van der Waals surface area (Å²) in [5.74, 6) is -2.91. The molecule has 0 fully saturated rings. The van der Waals surface area contributed by atoms with E-state index in [4.69, 9.17) is 0 Å². The first-order chi connectivity index (χ1) is 8.95. The molecule has 98 valence electrons. The minimum Gasteiger partial charge on any atom is -0.322 e. The van der Waals surface area contributed by atoms with Crippen LogP contribution in [-0.2, 0) is 0 Å². The molecule has 5 heteroatoms. The molecule has 0 radical (unpaired) electrons. The van der Waals surface area contributed by atoms with Crippen LogP contribution in [0.3, 0.4) is 0 Å². The van der Waals surface area contributed by atoms with E-state index in [0.717, 1.165) is 24.3 Å².